The van der Waals surface area contributed by atoms with E-state index in [1.165, 1.54) is 87.1 Å². The van der Waals surface area contributed by atoms with E-state index < -0.39 is 0 Å². The molecule has 0 bridgehead atoms. The van der Waals surface area contributed by atoms with E-state index in [9.17, 15) is 0 Å². The lowest BCUT2D eigenvalue weighted by Crippen LogP contribution is -3.00. The molecule has 134 valence electrons. The number of aromatic nitrogens is 1. The highest BCUT2D eigenvalue weighted by atomic mass is 35.5. The predicted octanol–water partition coefficient (Wildman–Crippen LogP) is 3.13. The van der Waals surface area contributed by atoms with Crippen LogP contribution >= 0.6 is 0 Å². The lowest BCUT2D eigenvalue weighted by molar-refractivity contribution is -0.677. The van der Waals surface area contributed by atoms with Crippen molar-refractivity contribution in [3.63, 3.8) is 0 Å². The molecule has 0 atom stereocenters. The summed E-state index contributed by atoms with van der Waals surface area (Å²) >= 11 is 0. The fraction of sp³-hybridized carbons (Fsp3) is 0.591. The third kappa shape index (κ3) is 6.81. The average molecular weight is 348 g/mol. The second-order valence-corrected chi connectivity index (χ2v) is 6.89. The number of unbranched alkanes of at least 4 members (excludes halogenated alkanes) is 9. The number of halogens is 1. The van der Waals surface area contributed by atoms with Gasteiger partial charge in [0.25, 0.3) is 0 Å². The fourth-order valence-electron chi connectivity index (χ4n) is 3.47. The average Bonchev–Trinajstić information content (AvgIpc) is 2.58. The summed E-state index contributed by atoms with van der Waals surface area (Å²) in [5, 5.41) is 2.79. The molecular weight excluding hydrogens is 314 g/mol. The smallest absolute Gasteiger partial charge is 0.188 e. The Labute approximate surface area is 154 Å². The Morgan fingerprint density at radius 3 is 2.00 bits per heavy atom. The molecule has 2 rings (SSSR count). The zero-order chi connectivity index (χ0) is 16.3. The maximum atomic E-state index is 2.30. The third-order valence-corrected chi connectivity index (χ3v) is 4.94. The van der Waals surface area contributed by atoms with Crippen molar-refractivity contribution >= 4 is 10.8 Å². The summed E-state index contributed by atoms with van der Waals surface area (Å²) in [6.07, 6.45) is 17.5. The van der Waals surface area contributed by atoms with E-state index in [4.69, 9.17) is 0 Å². The second-order valence-electron chi connectivity index (χ2n) is 6.89. The number of rotatable bonds is 11. The SMILES string of the molecule is CCCCCCCCCCCCc1c2ccccc2cc[n+]1C.[Cl-]. The van der Waals surface area contributed by atoms with Crippen molar-refractivity contribution in [1.82, 2.24) is 0 Å². The van der Waals surface area contributed by atoms with Crippen LogP contribution in [0, 0.1) is 0 Å². The van der Waals surface area contributed by atoms with E-state index in [-0.39, 0.29) is 12.4 Å². The van der Waals surface area contributed by atoms with Gasteiger partial charge in [0.05, 0.1) is 0 Å². The van der Waals surface area contributed by atoms with E-state index in [1.54, 1.807) is 0 Å². The van der Waals surface area contributed by atoms with E-state index in [0.717, 1.165) is 0 Å². The van der Waals surface area contributed by atoms with Crippen LogP contribution < -0.4 is 17.0 Å². The van der Waals surface area contributed by atoms with Gasteiger partial charge in [-0.1, -0.05) is 82.9 Å². The molecule has 0 saturated heterocycles. The van der Waals surface area contributed by atoms with Crippen molar-refractivity contribution in [3.05, 3.63) is 42.2 Å². The Kier molecular flexibility index (Phi) is 10.7. The molecular formula is C22H34ClN. The maximum absolute atomic E-state index is 2.30. The van der Waals surface area contributed by atoms with Gasteiger partial charge in [-0.25, -0.2) is 4.57 Å². The van der Waals surface area contributed by atoms with Crippen LogP contribution in [0.15, 0.2) is 36.5 Å². The summed E-state index contributed by atoms with van der Waals surface area (Å²) in [4.78, 5) is 0. The standard InChI is InChI=1S/C22H34N.ClH/c1-3-4-5-6-7-8-9-10-11-12-17-22-21-16-14-13-15-20(21)18-19-23(22)2;/h13-16,18-19H,3-12,17H2,1-2H3;1H/q+1;/p-1. The quantitative estimate of drug-likeness (QED) is 0.434. The summed E-state index contributed by atoms with van der Waals surface area (Å²) in [6, 6.07) is 11.0. The lowest BCUT2D eigenvalue weighted by atomic mass is 10.0. The lowest BCUT2D eigenvalue weighted by Gasteiger charge is -2.05. The molecule has 2 aromatic rings. The molecule has 0 aliphatic carbocycles. The third-order valence-electron chi connectivity index (χ3n) is 4.94. The molecule has 24 heavy (non-hydrogen) atoms. The number of benzene rings is 1. The Hall–Kier alpha value is -1.08. The summed E-state index contributed by atoms with van der Waals surface area (Å²) in [6.45, 7) is 2.29. The van der Waals surface area contributed by atoms with Crippen LogP contribution in [0.1, 0.15) is 76.8 Å². The number of fused-ring (bicyclic) bond motifs is 1. The molecule has 0 amide bonds. The first kappa shape index (κ1) is 21.0. The van der Waals surface area contributed by atoms with Gasteiger partial charge in [-0.15, -0.1) is 0 Å². The Bertz CT molecular complexity index is 579. The van der Waals surface area contributed by atoms with Crippen LogP contribution in [0.2, 0.25) is 0 Å². The highest BCUT2D eigenvalue weighted by molar-refractivity contribution is 5.83. The Morgan fingerprint density at radius 1 is 0.750 bits per heavy atom. The van der Waals surface area contributed by atoms with Gasteiger partial charge in [0, 0.05) is 17.9 Å². The first-order valence-electron chi connectivity index (χ1n) is 9.69. The van der Waals surface area contributed by atoms with Crippen molar-refractivity contribution in [2.75, 3.05) is 0 Å². The minimum absolute atomic E-state index is 0. The monoisotopic (exact) mass is 347 g/mol. The largest absolute Gasteiger partial charge is 1.00 e. The van der Waals surface area contributed by atoms with Gasteiger partial charge in [-0.3, -0.25) is 0 Å². The molecule has 0 spiro atoms. The molecule has 1 aromatic carbocycles. The van der Waals surface area contributed by atoms with Gasteiger partial charge in [-0.2, -0.15) is 0 Å². The Morgan fingerprint density at radius 2 is 1.33 bits per heavy atom. The van der Waals surface area contributed by atoms with Gasteiger partial charge in [0.1, 0.15) is 7.05 Å². The summed E-state index contributed by atoms with van der Waals surface area (Å²) in [5.41, 5.74) is 1.49. The number of aryl methyl sites for hydroxylation is 2. The Balaban J connectivity index is 0.00000288. The molecule has 0 radical (unpaired) electrons. The minimum Gasteiger partial charge on any atom is -1.00 e. The molecule has 2 heteroatoms. The number of pyridine rings is 1. The molecule has 0 N–H and O–H groups in total. The second kappa shape index (κ2) is 12.3. The van der Waals surface area contributed by atoms with Gasteiger partial charge >= 0.3 is 0 Å². The number of nitrogens with zero attached hydrogens (tertiary/aromatic N) is 1. The molecule has 0 saturated carbocycles. The van der Waals surface area contributed by atoms with Gasteiger partial charge < -0.3 is 12.4 Å². The van der Waals surface area contributed by atoms with Gasteiger partial charge in [-0.05, 0) is 17.9 Å². The van der Waals surface area contributed by atoms with Crippen LogP contribution in [-0.4, -0.2) is 0 Å². The van der Waals surface area contributed by atoms with Crippen molar-refractivity contribution in [2.24, 2.45) is 7.05 Å². The molecule has 0 fully saturated rings. The van der Waals surface area contributed by atoms with Crippen LogP contribution in [-0.2, 0) is 13.5 Å². The first-order chi connectivity index (χ1) is 11.3. The van der Waals surface area contributed by atoms with E-state index in [0.29, 0.717) is 0 Å². The maximum Gasteiger partial charge on any atom is 0.188 e. The van der Waals surface area contributed by atoms with E-state index >= 15 is 0 Å². The van der Waals surface area contributed by atoms with Crippen molar-refractivity contribution in [2.45, 2.75) is 77.6 Å². The van der Waals surface area contributed by atoms with Crippen LogP contribution in [0.5, 0.6) is 0 Å². The van der Waals surface area contributed by atoms with Crippen molar-refractivity contribution in [1.29, 1.82) is 0 Å². The van der Waals surface area contributed by atoms with Crippen molar-refractivity contribution < 1.29 is 17.0 Å². The molecule has 0 aliphatic heterocycles. The zero-order valence-electron chi connectivity index (χ0n) is 15.6. The molecule has 0 aliphatic rings. The van der Waals surface area contributed by atoms with Gasteiger partial charge in [0.15, 0.2) is 11.9 Å². The van der Waals surface area contributed by atoms with Crippen LogP contribution in [0.25, 0.3) is 10.8 Å². The fourth-order valence-corrected chi connectivity index (χ4v) is 3.47. The predicted molar refractivity (Wildman–Crippen MR) is 101 cm³/mol. The van der Waals surface area contributed by atoms with Gasteiger partial charge in [0.2, 0.25) is 0 Å². The molecule has 1 nitrogen and oxygen atoms in total. The minimum atomic E-state index is 0. The number of hydrogen-bond acceptors (Lipinski definition) is 0. The van der Waals surface area contributed by atoms with Crippen molar-refractivity contribution in [3.8, 4) is 0 Å². The molecule has 0 unspecified atom stereocenters. The summed E-state index contributed by atoms with van der Waals surface area (Å²) < 4.78 is 2.30. The highest BCUT2D eigenvalue weighted by Gasteiger charge is 2.10. The van der Waals surface area contributed by atoms with Crippen LogP contribution in [0.3, 0.4) is 0 Å². The summed E-state index contributed by atoms with van der Waals surface area (Å²) in [5.74, 6) is 0. The van der Waals surface area contributed by atoms with E-state index in [2.05, 4.69) is 55.1 Å². The highest BCUT2D eigenvalue weighted by Crippen LogP contribution is 2.18. The topological polar surface area (TPSA) is 3.88 Å². The number of hydrogen-bond donors (Lipinski definition) is 0. The normalized spacial score (nSPS) is 10.8. The molecule has 1 heterocycles. The summed E-state index contributed by atoms with van der Waals surface area (Å²) in [7, 11) is 2.18. The zero-order valence-corrected chi connectivity index (χ0v) is 16.3. The molecule has 1 aromatic heterocycles. The first-order valence-corrected chi connectivity index (χ1v) is 9.69. The van der Waals surface area contributed by atoms with E-state index in [1.807, 2.05) is 0 Å². The van der Waals surface area contributed by atoms with Crippen LogP contribution in [0.4, 0.5) is 0 Å².